The highest BCUT2D eigenvalue weighted by Crippen LogP contribution is 2.17. The molecular formula is C19H19N5O9. The number of benzene rings is 1. The van der Waals surface area contributed by atoms with Gasteiger partial charge in [-0.15, -0.1) is 5.06 Å². The first-order chi connectivity index (χ1) is 15.7. The summed E-state index contributed by atoms with van der Waals surface area (Å²) in [5.74, 6) is -1.58. The fourth-order valence-electron chi connectivity index (χ4n) is 2.72. The second kappa shape index (κ2) is 10.1. The van der Waals surface area contributed by atoms with Gasteiger partial charge in [-0.05, 0) is 23.8 Å². The van der Waals surface area contributed by atoms with Gasteiger partial charge in [0.2, 0.25) is 0 Å². The van der Waals surface area contributed by atoms with Crippen LogP contribution in [0.2, 0.25) is 0 Å². The number of guanidine groups is 1. The summed E-state index contributed by atoms with van der Waals surface area (Å²) < 4.78 is 14.6. The normalized spacial score (nSPS) is 13.0. The van der Waals surface area contributed by atoms with Gasteiger partial charge in [0.25, 0.3) is 11.8 Å². The fraction of sp³-hybridized carbons (Fsp3) is 0.263. The van der Waals surface area contributed by atoms with Gasteiger partial charge >= 0.3 is 17.9 Å². The summed E-state index contributed by atoms with van der Waals surface area (Å²) in [5.41, 5.74) is 5.21. The first kappa shape index (κ1) is 23.1. The Labute approximate surface area is 185 Å². The second-order valence-corrected chi connectivity index (χ2v) is 6.66. The molecule has 3 rings (SSSR count). The van der Waals surface area contributed by atoms with Crippen molar-refractivity contribution in [1.82, 2.24) is 15.7 Å². The molecule has 0 radical (unpaired) electrons. The lowest BCUT2D eigenvalue weighted by molar-refractivity contribution is -0.171. The second-order valence-electron chi connectivity index (χ2n) is 6.66. The molecule has 1 aromatic carbocycles. The molecule has 33 heavy (non-hydrogen) atoms. The molecule has 5 N–H and O–H groups in total. The van der Waals surface area contributed by atoms with E-state index in [-0.39, 0.29) is 37.3 Å². The van der Waals surface area contributed by atoms with Crippen molar-refractivity contribution in [2.45, 2.75) is 26.0 Å². The Morgan fingerprint density at radius 2 is 1.82 bits per heavy atom. The zero-order valence-electron chi connectivity index (χ0n) is 17.0. The Kier molecular flexibility index (Phi) is 7.07. The molecule has 1 aliphatic heterocycles. The summed E-state index contributed by atoms with van der Waals surface area (Å²) in [6.07, 6.45) is -2.10. The number of hydroxylamine groups is 2. The average Bonchev–Trinajstić information content (AvgIpc) is 3.08. The Morgan fingerprint density at radius 3 is 2.52 bits per heavy atom. The summed E-state index contributed by atoms with van der Waals surface area (Å²) in [6, 6.07) is 6.17. The topological polar surface area (TPSA) is 203 Å². The van der Waals surface area contributed by atoms with E-state index in [1.165, 1.54) is 12.1 Å². The van der Waals surface area contributed by atoms with Gasteiger partial charge in [-0.1, -0.05) is 6.07 Å². The van der Waals surface area contributed by atoms with Crippen molar-refractivity contribution >= 4 is 41.0 Å². The summed E-state index contributed by atoms with van der Waals surface area (Å²) >= 11 is 0. The maximum Gasteiger partial charge on any atom is 0.510 e. The number of nitrogens with one attached hydrogen (secondary N) is 3. The van der Waals surface area contributed by atoms with Crippen LogP contribution >= 0.6 is 0 Å². The molecule has 0 atom stereocenters. The van der Waals surface area contributed by atoms with Gasteiger partial charge in [0.05, 0.1) is 5.56 Å². The van der Waals surface area contributed by atoms with Crippen molar-refractivity contribution in [3.8, 4) is 0 Å². The summed E-state index contributed by atoms with van der Waals surface area (Å²) in [5, 5.41) is 12.5. The maximum absolute atomic E-state index is 12.1. The largest absolute Gasteiger partial charge is 0.510 e. The van der Waals surface area contributed by atoms with Crippen LogP contribution in [-0.2, 0) is 37.1 Å². The number of imide groups is 1. The van der Waals surface area contributed by atoms with Crippen LogP contribution in [0.3, 0.4) is 0 Å². The molecular weight excluding hydrogens is 442 g/mol. The van der Waals surface area contributed by atoms with E-state index in [2.05, 4.69) is 15.4 Å². The van der Waals surface area contributed by atoms with E-state index < -0.39 is 42.3 Å². The van der Waals surface area contributed by atoms with Crippen molar-refractivity contribution in [2.24, 2.45) is 5.73 Å². The molecule has 3 amide bonds. The minimum atomic E-state index is -1.09. The molecule has 14 heteroatoms. The molecule has 1 aliphatic rings. The number of fused-ring (bicyclic) bond motifs is 1. The van der Waals surface area contributed by atoms with E-state index >= 15 is 0 Å². The number of rotatable bonds is 7. The number of amides is 3. The van der Waals surface area contributed by atoms with Gasteiger partial charge in [0.15, 0.2) is 12.7 Å². The maximum atomic E-state index is 12.1. The number of ether oxygens (including phenoxy) is 2. The fourth-order valence-corrected chi connectivity index (χ4v) is 2.72. The Hall–Kier alpha value is -4.62. The molecule has 14 nitrogen and oxygen atoms in total. The van der Waals surface area contributed by atoms with Gasteiger partial charge in [-0.25, -0.2) is 14.4 Å². The van der Waals surface area contributed by atoms with E-state index in [4.69, 9.17) is 25.1 Å². The van der Waals surface area contributed by atoms with Crippen LogP contribution in [0.5, 0.6) is 0 Å². The molecule has 174 valence electrons. The van der Waals surface area contributed by atoms with Crippen molar-refractivity contribution < 1.29 is 37.9 Å². The third-order valence-electron chi connectivity index (χ3n) is 4.28. The van der Waals surface area contributed by atoms with Crippen LogP contribution in [0.1, 0.15) is 24.0 Å². The van der Waals surface area contributed by atoms with Gasteiger partial charge in [0.1, 0.15) is 12.2 Å². The third-order valence-corrected chi connectivity index (χ3v) is 4.28. The highest BCUT2D eigenvalue weighted by atomic mass is 16.7. The smallest absolute Gasteiger partial charge is 0.429 e. The molecule has 0 spiro atoms. The lowest BCUT2D eigenvalue weighted by atomic mass is 10.1. The molecule has 1 saturated heterocycles. The van der Waals surface area contributed by atoms with Crippen LogP contribution in [0.4, 0.5) is 9.59 Å². The monoisotopic (exact) mass is 461 g/mol. The van der Waals surface area contributed by atoms with Gasteiger partial charge in [0, 0.05) is 24.8 Å². The number of hydrogen-bond donors (Lipinski definition) is 4. The first-order valence-corrected chi connectivity index (χ1v) is 9.47. The van der Waals surface area contributed by atoms with Crippen molar-refractivity contribution in [2.75, 3.05) is 6.73 Å². The molecule has 2 aromatic rings. The first-order valence-electron chi connectivity index (χ1n) is 9.47. The molecule has 1 aromatic heterocycles. The van der Waals surface area contributed by atoms with E-state index in [0.717, 1.165) is 0 Å². The number of nitrogens with zero attached hydrogens (tertiary/aromatic N) is 1. The van der Waals surface area contributed by atoms with Gasteiger partial charge in [-0.3, -0.25) is 15.0 Å². The standard InChI is InChI=1S/C19H19N5O9/c20-17(21)23-9-31-19(29)30-8-12-6-11-5-10(1-2-13(11)32-16(12)27)7-22-18(28)33-24-14(25)3-4-15(24)26/h1-2,5-6H,3-4,7-9H2,(H,22,28)(H4,20,21,23). The van der Waals surface area contributed by atoms with Crippen molar-refractivity contribution in [3.63, 3.8) is 0 Å². The molecule has 0 aliphatic carbocycles. The van der Waals surface area contributed by atoms with E-state index in [1.54, 1.807) is 12.1 Å². The zero-order valence-corrected chi connectivity index (χ0v) is 17.0. The van der Waals surface area contributed by atoms with Crippen LogP contribution in [0, 0.1) is 5.41 Å². The Morgan fingerprint density at radius 1 is 1.09 bits per heavy atom. The minimum absolute atomic E-state index is 0.00850. The quantitative estimate of drug-likeness (QED) is 0.109. The number of hydrogen-bond acceptors (Lipinski definition) is 10. The molecule has 0 saturated carbocycles. The van der Waals surface area contributed by atoms with Crippen LogP contribution in [0.15, 0.2) is 33.5 Å². The summed E-state index contributed by atoms with van der Waals surface area (Å²) in [7, 11) is 0. The van der Waals surface area contributed by atoms with Crippen LogP contribution in [-0.4, -0.2) is 41.8 Å². The molecule has 2 heterocycles. The third kappa shape index (κ3) is 6.19. The zero-order chi connectivity index (χ0) is 24.0. The van der Waals surface area contributed by atoms with Crippen molar-refractivity contribution in [3.05, 3.63) is 45.8 Å². The Balaban J connectivity index is 1.59. The summed E-state index contributed by atoms with van der Waals surface area (Å²) in [4.78, 5) is 63.1. The van der Waals surface area contributed by atoms with E-state index in [0.29, 0.717) is 16.0 Å². The lowest BCUT2D eigenvalue weighted by Gasteiger charge is -2.13. The molecule has 1 fully saturated rings. The predicted molar refractivity (Wildman–Crippen MR) is 108 cm³/mol. The number of carbonyl (C=O) groups is 4. The number of carbonyl (C=O) groups excluding carboxylic acids is 4. The van der Waals surface area contributed by atoms with Crippen LogP contribution in [0.25, 0.3) is 11.0 Å². The van der Waals surface area contributed by atoms with Crippen LogP contribution < -0.4 is 22.0 Å². The van der Waals surface area contributed by atoms with E-state index in [1.807, 2.05) is 0 Å². The predicted octanol–water partition coefficient (Wildman–Crippen LogP) is 0.177. The van der Waals surface area contributed by atoms with Gasteiger partial charge < -0.3 is 35.1 Å². The van der Waals surface area contributed by atoms with Crippen molar-refractivity contribution in [1.29, 1.82) is 5.41 Å². The average molecular weight is 461 g/mol. The van der Waals surface area contributed by atoms with Gasteiger partial charge in [-0.2, -0.15) is 0 Å². The molecule has 0 unspecified atom stereocenters. The molecule has 0 bridgehead atoms. The lowest BCUT2D eigenvalue weighted by Crippen LogP contribution is -2.36. The number of nitrogens with two attached hydrogens (primary N) is 1. The van der Waals surface area contributed by atoms with E-state index in [9.17, 15) is 24.0 Å². The highest BCUT2D eigenvalue weighted by Gasteiger charge is 2.32. The minimum Gasteiger partial charge on any atom is -0.429 e. The Bertz CT molecular complexity index is 1160. The SMILES string of the molecule is N=C(N)NCOC(=O)OCc1cc2cc(CNC(=O)ON3C(=O)CCC3=O)ccc2oc1=O. The summed E-state index contributed by atoms with van der Waals surface area (Å²) in [6.45, 7) is -0.811. The highest BCUT2D eigenvalue weighted by molar-refractivity contribution is 6.01.